The molecule has 0 aliphatic heterocycles. The fourth-order valence-electron chi connectivity index (χ4n) is 2.27. The number of aromatic nitrogens is 3. The monoisotopic (exact) mass is 293 g/mol. The van der Waals surface area contributed by atoms with Crippen LogP contribution in [0.15, 0.2) is 18.2 Å². The maximum absolute atomic E-state index is 13.0. The number of rotatable bonds is 3. The van der Waals surface area contributed by atoms with Gasteiger partial charge >= 0.3 is 0 Å². The van der Waals surface area contributed by atoms with E-state index >= 15 is 0 Å². The molecule has 0 bridgehead atoms. The van der Waals surface area contributed by atoms with Crippen LogP contribution in [0.5, 0.6) is 0 Å². The van der Waals surface area contributed by atoms with E-state index < -0.39 is 0 Å². The summed E-state index contributed by atoms with van der Waals surface area (Å²) in [6, 6.07) is 5.82. The molecule has 3 nitrogen and oxygen atoms in total. The van der Waals surface area contributed by atoms with Gasteiger partial charge in [0.2, 0.25) is 0 Å². The standard InChI is InChI=1S/C13H14FN3S.C2H6/c1-8-4-3-5-11(15-8)12-9(2)13(10-6-7-10)17(16-12)18-14;1-2/h3-5,10H,6-7H2,1-2H3;1-2H3. The third kappa shape index (κ3) is 2.87. The largest absolute Gasteiger partial charge is 0.251 e. The van der Waals surface area contributed by atoms with Crippen molar-refractivity contribution in [1.82, 2.24) is 14.2 Å². The highest BCUT2D eigenvalue weighted by molar-refractivity contribution is 7.92. The summed E-state index contributed by atoms with van der Waals surface area (Å²) in [6.45, 7) is 7.95. The molecule has 0 unspecified atom stereocenters. The van der Waals surface area contributed by atoms with Gasteiger partial charge in [0, 0.05) is 17.2 Å². The topological polar surface area (TPSA) is 30.7 Å². The van der Waals surface area contributed by atoms with E-state index in [-0.39, 0.29) is 12.3 Å². The lowest BCUT2D eigenvalue weighted by molar-refractivity contribution is 0.839. The zero-order valence-electron chi connectivity index (χ0n) is 12.4. The van der Waals surface area contributed by atoms with Crippen LogP contribution in [0.3, 0.4) is 0 Å². The molecule has 2 aromatic heterocycles. The van der Waals surface area contributed by atoms with Gasteiger partial charge in [0.15, 0.2) is 12.3 Å². The van der Waals surface area contributed by atoms with Gasteiger partial charge in [-0.2, -0.15) is 9.19 Å². The molecule has 1 fully saturated rings. The van der Waals surface area contributed by atoms with Gasteiger partial charge in [0.1, 0.15) is 5.69 Å². The quantitative estimate of drug-likeness (QED) is 0.810. The molecule has 3 rings (SSSR count). The van der Waals surface area contributed by atoms with Gasteiger partial charge in [0.25, 0.3) is 0 Å². The molecule has 0 radical (unpaired) electrons. The first-order valence-electron chi connectivity index (χ1n) is 7.03. The van der Waals surface area contributed by atoms with E-state index in [1.54, 1.807) is 0 Å². The molecule has 0 atom stereocenters. The van der Waals surface area contributed by atoms with E-state index in [0.717, 1.165) is 41.2 Å². The Labute approximate surface area is 124 Å². The van der Waals surface area contributed by atoms with Gasteiger partial charge in [-0.15, -0.1) is 3.89 Å². The van der Waals surface area contributed by atoms with Gasteiger partial charge in [-0.3, -0.25) is 4.98 Å². The number of aryl methyl sites for hydroxylation is 1. The van der Waals surface area contributed by atoms with Crippen LogP contribution in [0.25, 0.3) is 11.4 Å². The van der Waals surface area contributed by atoms with E-state index in [2.05, 4.69) is 10.1 Å². The van der Waals surface area contributed by atoms with Crippen molar-refractivity contribution in [3.63, 3.8) is 0 Å². The highest BCUT2D eigenvalue weighted by Crippen LogP contribution is 2.44. The smallest absolute Gasteiger partial charge is 0.187 e. The summed E-state index contributed by atoms with van der Waals surface area (Å²) >= 11 is 0.175. The molecule has 108 valence electrons. The maximum Gasteiger partial charge on any atom is 0.187 e. The van der Waals surface area contributed by atoms with Crippen LogP contribution in [-0.2, 0) is 0 Å². The second-order valence-electron chi connectivity index (χ2n) is 4.74. The van der Waals surface area contributed by atoms with E-state index in [1.165, 1.54) is 4.09 Å². The highest BCUT2D eigenvalue weighted by atomic mass is 32.2. The van der Waals surface area contributed by atoms with Crippen LogP contribution in [0, 0.1) is 13.8 Å². The molecule has 1 aliphatic rings. The lowest BCUT2D eigenvalue weighted by Gasteiger charge is -2.00. The van der Waals surface area contributed by atoms with Gasteiger partial charge in [-0.25, -0.2) is 0 Å². The maximum atomic E-state index is 13.0. The SMILES string of the molecule is CC.Cc1cccc(-c2nn(SF)c(C3CC3)c2C)n1. The van der Waals surface area contributed by atoms with Crippen LogP contribution < -0.4 is 0 Å². The minimum atomic E-state index is 0.175. The van der Waals surface area contributed by atoms with Crippen molar-refractivity contribution < 1.29 is 3.89 Å². The Morgan fingerprint density at radius 1 is 1.25 bits per heavy atom. The Balaban J connectivity index is 0.000000704. The van der Waals surface area contributed by atoms with Crippen LogP contribution in [-0.4, -0.2) is 14.2 Å². The van der Waals surface area contributed by atoms with Crippen molar-refractivity contribution in [2.45, 2.75) is 46.5 Å². The van der Waals surface area contributed by atoms with Gasteiger partial charge in [-0.1, -0.05) is 19.9 Å². The molecule has 2 aromatic rings. The number of hydrogen-bond donors (Lipinski definition) is 0. The second kappa shape index (κ2) is 6.39. The van der Waals surface area contributed by atoms with E-state index in [0.29, 0.717) is 5.92 Å². The van der Waals surface area contributed by atoms with Crippen molar-refractivity contribution in [2.24, 2.45) is 0 Å². The molecule has 2 heterocycles. The summed E-state index contributed by atoms with van der Waals surface area (Å²) in [5, 5.41) is 4.34. The minimum absolute atomic E-state index is 0.175. The predicted molar refractivity (Wildman–Crippen MR) is 82.4 cm³/mol. The van der Waals surface area contributed by atoms with Crippen LogP contribution >= 0.6 is 12.3 Å². The Bertz CT molecular complexity index is 591. The second-order valence-corrected chi connectivity index (χ2v) is 5.22. The summed E-state index contributed by atoms with van der Waals surface area (Å²) in [7, 11) is 0. The predicted octanol–water partition coefficient (Wildman–Crippen LogP) is 4.85. The molecule has 0 spiro atoms. The summed E-state index contributed by atoms with van der Waals surface area (Å²) in [5.74, 6) is 0.472. The summed E-state index contributed by atoms with van der Waals surface area (Å²) in [5.41, 5.74) is 4.64. The van der Waals surface area contributed by atoms with Crippen molar-refractivity contribution in [2.75, 3.05) is 0 Å². The molecule has 0 N–H and O–H groups in total. The molecular weight excluding hydrogens is 273 g/mol. The number of nitrogens with zero attached hydrogens (tertiary/aromatic N) is 3. The first kappa shape index (κ1) is 15.0. The van der Waals surface area contributed by atoms with Crippen molar-refractivity contribution >= 4 is 12.3 Å². The highest BCUT2D eigenvalue weighted by Gasteiger charge is 2.32. The lowest BCUT2D eigenvalue weighted by atomic mass is 10.1. The average Bonchev–Trinajstić information content (AvgIpc) is 3.24. The van der Waals surface area contributed by atoms with Crippen molar-refractivity contribution in [3.05, 3.63) is 35.2 Å². The number of halogens is 1. The molecule has 0 amide bonds. The molecule has 1 aliphatic carbocycles. The van der Waals surface area contributed by atoms with Gasteiger partial charge in [0.05, 0.1) is 11.4 Å². The molecule has 20 heavy (non-hydrogen) atoms. The Hall–Kier alpha value is -1.36. The normalized spacial score (nSPS) is 13.8. The lowest BCUT2D eigenvalue weighted by Crippen LogP contribution is -1.93. The minimum Gasteiger partial charge on any atom is -0.251 e. The Morgan fingerprint density at radius 2 is 1.95 bits per heavy atom. The number of hydrogen-bond acceptors (Lipinski definition) is 3. The zero-order chi connectivity index (χ0) is 14.7. The fraction of sp³-hybridized carbons (Fsp3) is 0.467. The number of pyridine rings is 1. The van der Waals surface area contributed by atoms with E-state index in [4.69, 9.17) is 0 Å². The zero-order valence-corrected chi connectivity index (χ0v) is 13.2. The van der Waals surface area contributed by atoms with Gasteiger partial charge < -0.3 is 0 Å². The molecule has 5 heteroatoms. The summed E-state index contributed by atoms with van der Waals surface area (Å²) in [4.78, 5) is 4.47. The Kier molecular flexibility index (Phi) is 4.81. The van der Waals surface area contributed by atoms with Crippen LogP contribution in [0.1, 0.15) is 49.6 Å². The Morgan fingerprint density at radius 3 is 2.50 bits per heavy atom. The van der Waals surface area contributed by atoms with E-state index in [9.17, 15) is 3.89 Å². The summed E-state index contributed by atoms with van der Waals surface area (Å²) < 4.78 is 14.4. The fourth-order valence-corrected chi connectivity index (χ4v) is 2.75. The molecule has 0 saturated heterocycles. The molecular formula is C15H20FN3S. The van der Waals surface area contributed by atoms with E-state index in [1.807, 2.05) is 45.9 Å². The first-order valence-corrected chi connectivity index (χ1v) is 7.70. The molecule has 1 saturated carbocycles. The third-order valence-corrected chi connectivity index (χ3v) is 3.71. The summed E-state index contributed by atoms with van der Waals surface area (Å²) in [6.07, 6.45) is 2.27. The van der Waals surface area contributed by atoms with Crippen LogP contribution in [0.2, 0.25) is 0 Å². The van der Waals surface area contributed by atoms with Crippen molar-refractivity contribution in [1.29, 1.82) is 0 Å². The third-order valence-electron chi connectivity index (χ3n) is 3.30. The first-order chi connectivity index (χ1) is 9.70. The molecule has 0 aromatic carbocycles. The van der Waals surface area contributed by atoms with Crippen LogP contribution in [0.4, 0.5) is 3.89 Å². The average molecular weight is 293 g/mol. The van der Waals surface area contributed by atoms with Crippen molar-refractivity contribution in [3.8, 4) is 11.4 Å². The van der Waals surface area contributed by atoms with Gasteiger partial charge in [-0.05, 0) is 38.8 Å².